The summed E-state index contributed by atoms with van der Waals surface area (Å²) in [7, 11) is 0. The molecule has 4 heteroatoms. The van der Waals surface area contributed by atoms with Gasteiger partial charge in [-0.15, -0.1) is 11.3 Å². The molecule has 342 valence electrons. The van der Waals surface area contributed by atoms with Gasteiger partial charge < -0.3 is 9.80 Å². The van der Waals surface area contributed by atoms with Crippen LogP contribution in [0, 0.1) is 0 Å². The van der Waals surface area contributed by atoms with E-state index < -0.39 is 0 Å². The molecule has 12 rings (SSSR count). The first kappa shape index (κ1) is 43.5. The lowest BCUT2D eigenvalue weighted by Gasteiger charge is -2.48. The SMILES string of the molecule is CC(C)(C)c1cc2c3c(c1)N(c1ccc4c(c1)sc1ccccc14)c1cc4c(cc1B3c1cc3c(cc1N2c1ccc2c(c1)C(C)(C)CCC2(C)C)C(C)(C)CCC3(C)C)C(C)(C)CC4(C)C. The van der Waals surface area contributed by atoms with Gasteiger partial charge in [0.25, 0.3) is 6.71 Å². The Balaban J connectivity index is 1.23. The highest BCUT2D eigenvalue weighted by Gasteiger charge is 2.50. The number of hydrogen-bond acceptors (Lipinski definition) is 3. The van der Waals surface area contributed by atoms with Crippen LogP contribution in [0.5, 0.6) is 0 Å². The summed E-state index contributed by atoms with van der Waals surface area (Å²) in [4.78, 5) is 5.45. The first-order chi connectivity index (χ1) is 31.3. The predicted molar refractivity (Wildman–Crippen MR) is 293 cm³/mol. The Bertz CT molecular complexity index is 3290. The molecule has 3 aliphatic carbocycles. The van der Waals surface area contributed by atoms with E-state index in [1.807, 2.05) is 11.3 Å². The maximum absolute atomic E-state index is 2.74. The third-order valence-corrected chi connectivity index (χ3v) is 19.2. The van der Waals surface area contributed by atoms with Crippen molar-refractivity contribution in [1.82, 2.24) is 0 Å². The maximum Gasteiger partial charge on any atom is 0.252 e. The lowest BCUT2D eigenvalue weighted by atomic mass is 9.32. The van der Waals surface area contributed by atoms with E-state index in [0.29, 0.717) is 0 Å². The maximum atomic E-state index is 2.74. The number of anilines is 6. The zero-order valence-electron chi connectivity index (χ0n) is 43.2. The molecule has 0 bridgehead atoms. The standard InChI is InChI=1S/C63H71BN2S/c1-57(2,3)37-28-52-56-53(29-37)66(39-20-22-41-40-18-16-17-19-54(40)67-55(41)31-39)51-35-47-45(62(12,13)36-63(47,14)15)33-49(51)64(56)48-32-44-46(61(10,11)27-26-60(44,8)9)34-50(48)65(52)38-21-23-42-43(30-38)59(6,7)25-24-58(42,4)5/h16-23,28-35H,24-27,36H2,1-15H3. The Kier molecular flexibility index (Phi) is 8.76. The average Bonchev–Trinajstić information content (AvgIpc) is 3.71. The van der Waals surface area contributed by atoms with Gasteiger partial charge in [0.2, 0.25) is 0 Å². The molecule has 0 saturated carbocycles. The third kappa shape index (κ3) is 6.19. The van der Waals surface area contributed by atoms with E-state index in [9.17, 15) is 0 Å². The quantitative estimate of drug-likeness (QED) is 0.160. The number of thiophene rings is 1. The highest BCUT2D eigenvalue weighted by molar-refractivity contribution is 7.25. The molecule has 3 heterocycles. The largest absolute Gasteiger partial charge is 0.311 e. The summed E-state index contributed by atoms with van der Waals surface area (Å²) in [6, 6.07) is 39.9. The fourth-order valence-corrected chi connectivity index (χ4v) is 15.2. The van der Waals surface area contributed by atoms with E-state index in [4.69, 9.17) is 0 Å². The molecule has 7 aromatic rings. The van der Waals surface area contributed by atoms with Crippen molar-refractivity contribution in [3.05, 3.63) is 136 Å². The predicted octanol–water partition coefficient (Wildman–Crippen LogP) is 16.1. The zero-order chi connectivity index (χ0) is 47.3. The van der Waals surface area contributed by atoms with Crippen LogP contribution in [0.2, 0.25) is 0 Å². The van der Waals surface area contributed by atoms with Gasteiger partial charge in [0.1, 0.15) is 0 Å². The average molecular weight is 899 g/mol. The van der Waals surface area contributed by atoms with Crippen LogP contribution in [-0.2, 0) is 37.9 Å². The first-order valence-electron chi connectivity index (χ1n) is 25.5. The number of nitrogens with zero attached hydrogens (tertiary/aromatic N) is 2. The van der Waals surface area contributed by atoms with Gasteiger partial charge in [-0.25, -0.2) is 0 Å². The van der Waals surface area contributed by atoms with Crippen LogP contribution in [0.25, 0.3) is 20.2 Å². The summed E-state index contributed by atoms with van der Waals surface area (Å²) in [6.45, 7) is 37.2. The second-order valence-corrected chi connectivity index (χ2v) is 27.8. The van der Waals surface area contributed by atoms with Crippen molar-refractivity contribution in [2.24, 2.45) is 0 Å². The van der Waals surface area contributed by atoms with E-state index in [2.05, 4.69) is 211 Å². The molecule has 0 N–H and O–H groups in total. The van der Waals surface area contributed by atoms with E-state index in [1.54, 1.807) is 0 Å². The normalized spacial score (nSPS) is 20.8. The minimum Gasteiger partial charge on any atom is -0.311 e. The summed E-state index contributed by atoms with van der Waals surface area (Å²) < 4.78 is 2.69. The minimum absolute atomic E-state index is 0.0540. The fourth-order valence-electron chi connectivity index (χ4n) is 14.1. The van der Waals surface area contributed by atoms with Crippen LogP contribution >= 0.6 is 11.3 Å². The van der Waals surface area contributed by atoms with Crippen LogP contribution in [0.4, 0.5) is 34.1 Å². The highest BCUT2D eigenvalue weighted by atomic mass is 32.1. The molecule has 2 nitrogen and oxygen atoms in total. The lowest BCUT2D eigenvalue weighted by Crippen LogP contribution is -2.62. The van der Waals surface area contributed by atoms with Gasteiger partial charge in [0.15, 0.2) is 0 Å². The van der Waals surface area contributed by atoms with Crippen molar-refractivity contribution in [3.8, 4) is 0 Å². The van der Waals surface area contributed by atoms with Gasteiger partial charge in [0.05, 0.1) is 0 Å². The minimum atomic E-state index is -0.0952. The lowest BCUT2D eigenvalue weighted by molar-refractivity contribution is 0.332. The summed E-state index contributed by atoms with van der Waals surface area (Å²) in [6.07, 6.45) is 5.90. The number of hydrogen-bond donors (Lipinski definition) is 0. The monoisotopic (exact) mass is 899 g/mol. The van der Waals surface area contributed by atoms with Crippen LogP contribution in [0.1, 0.15) is 175 Å². The van der Waals surface area contributed by atoms with Crippen LogP contribution in [-0.4, -0.2) is 6.71 Å². The molecular weight excluding hydrogens is 828 g/mol. The number of benzene rings is 6. The Labute approximate surface area is 406 Å². The van der Waals surface area contributed by atoms with Gasteiger partial charge in [-0.3, -0.25) is 0 Å². The Morgan fingerprint density at radius 2 is 0.881 bits per heavy atom. The molecule has 2 aliphatic heterocycles. The van der Waals surface area contributed by atoms with Crippen LogP contribution < -0.4 is 26.2 Å². The molecule has 67 heavy (non-hydrogen) atoms. The van der Waals surface area contributed by atoms with Gasteiger partial charge >= 0.3 is 0 Å². The topological polar surface area (TPSA) is 6.48 Å². The first-order valence-corrected chi connectivity index (χ1v) is 26.3. The number of rotatable bonds is 2. The molecule has 0 spiro atoms. The van der Waals surface area contributed by atoms with Crippen LogP contribution in [0.15, 0.2) is 97.1 Å². The van der Waals surface area contributed by atoms with E-state index in [1.165, 1.54) is 135 Å². The molecule has 1 aromatic heterocycles. The number of fused-ring (bicyclic) bond motifs is 10. The Morgan fingerprint density at radius 1 is 0.433 bits per heavy atom. The third-order valence-electron chi connectivity index (χ3n) is 18.1. The second kappa shape index (κ2) is 13.5. The smallest absolute Gasteiger partial charge is 0.252 e. The fraction of sp³-hybridized carbons (Fsp3) is 0.429. The molecule has 0 atom stereocenters. The Morgan fingerprint density at radius 3 is 1.45 bits per heavy atom. The molecule has 0 radical (unpaired) electrons. The van der Waals surface area contributed by atoms with Crippen molar-refractivity contribution >= 4 is 88.7 Å². The molecule has 5 aliphatic rings. The highest BCUT2D eigenvalue weighted by Crippen LogP contribution is 2.56. The van der Waals surface area contributed by atoms with Gasteiger partial charge in [-0.05, 0) is 180 Å². The van der Waals surface area contributed by atoms with E-state index in [0.717, 1.165) is 6.42 Å². The van der Waals surface area contributed by atoms with Crippen molar-refractivity contribution in [1.29, 1.82) is 0 Å². The van der Waals surface area contributed by atoms with Crippen LogP contribution in [0.3, 0.4) is 0 Å². The van der Waals surface area contributed by atoms with Crippen molar-refractivity contribution < 1.29 is 0 Å². The Hall–Kier alpha value is -4.80. The summed E-state index contributed by atoms with van der Waals surface area (Å²) >= 11 is 1.93. The second-order valence-electron chi connectivity index (χ2n) is 26.7. The summed E-state index contributed by atoms with van der Waals surface area (Å²) in [5, 5.41) is 2.69. The summed E-state index contributed by atoms with van der Waals surface area (Å²) in [5.41, 5.74) is 23.1. The molecule has 0 saturated heterocycles. The molecular formula is C63H71BN2S. The molecule has 0 unspecified atom stereocenters. The van der Waals surface area contributed by atoms with Gasteiger partial charge in [-0.2, -0.15) is 0 Å². The van der Waals surface area contributed by atoms with Crippen molar-refractivity contribution in [2.75, 3.05) is 9.80 Å². The van der Waals surface area contributed by atoms with E-state index >= 15 is 0 Å². The molecule has 6 aromatic carbocycles. The zero-order valence-corrected chi connectivity index (χ0v) is 44.0. The summed E-state index contributed by atoms with van der Waals surface area (Å²) in [5.74, 6) is 0. The van der Waals surface area contributed by atoms with Crippen molar-refractivity contribution in [2.45, 2.75) is 174 Å². The molecule has 0 amide bonds. The van der Waals surface area contributed by atoms with Crippen molar-refractivity contribution in [3.63, 3.8) is 0 Å². The van der Waals surface area contributed by atoms with Gasteiger partial charge in [0, 0.05) is 54.3 Å². The van der Waals surface area contributed by atoms with E-state index in [-0.39, 0.29) is 44.6 Å². The van der Waals surface area contributed by atoms with Gasteiger partial charge in [-0.1, -0.05) is 146 Å². The molecule has 0 fully saturated rings.